The molecule has 2 fully saturated rings. The molecule has 1 saturated heterocycles. The average molecular weight is 324 g/mol. The Morgan fingerprint density at radius 3 is 2.82 bits per heavy atom. The molecule has 1 N–H and O–H groups in total. The number of aliphatic hydroxyl groups is 1. The van der Waals surface area contributed by atoms with Crippen LogP contribution < -0.4 is 0 Å². The van der Waals surface area contributed by atoms with Gasteiger partial charge in [-0.25, -0.2) is 0 Å². The van der Waals surface area contributed by atoms with Crippen molar-refractivity contribution in [2.24, 2.45) is 0 Å². The summed E-state index contributed by atoms with van der Waals surface area (Å²) in [5, 5.41) is 10.7. The van der Waals surface area contributed by atoms with Crippen molar-refractivity contribution in [2.45, 2.75) is 49.9 Å². The number of benzene rings is 1. The molecule has 1 heterocycles. The van der Waals surface area contributed by atoms with Crippen molar-refractivity contribution in [3.63, 3.8) is 0 Å². The Hall–Kier alpha value is -1.10. The normalized spacial score (nSPS) is 31.1. The fourth-order valence-corrected chi connectivity index (χ4v) is 3.98. The Morgan fingerprint density at radius 2 is 2.14 bits per heavy atom. The molecule has 0 radical (unpaired) electrons. The van der Waals surface area contributed by atoms with Crippen molar-refractivity contribution in [2.75, 3.05) is 13.7 Å². The summed E-state index contributed by atoms with van der Waals surface area (Å²) < 4.78 is 5.77. The molecule has 1 aromatic rings. The first-order valence-electron chi connectivity index (χ1n) is 7.81. The molecule has 3 rings (SSSR count). The second-order valence-corrected chi connectivity index (χ2v) is 6.79. The molecule has 1 amide bonds. The van der Waals surface area contributed by atoms with Crippen molar-refractivity contribution in [1.29, 1.82) is 0 Å². The van der Waals surface area contributed by atoms with Gasteiger partial charge in [0, 0.05) is 18.7 Å². The highest BCUT2D eigenvalue weighted by Gasteiger charge is 2.52. The highest BCUT2D eigenvalue weighted by Crippen LogP contribution is 2.42. The van der Waals surface area contributed by atoms with Gasteiger partial charge in [-0.15, -0.1) is 0 Å². The van der Waals surface area contributed by atoms with E-state index < -0.39 is 0 Å². The quantitative estimate of drug-likeness (QED) is 0.929. The standard InChI is InChI=1S/C17H22ClNO3/c1-22-17-7-6-14(20)11-15(17)19(9-8-17)16(21)10-12-2-4-13(18)5-3-12/h2-5,14-15,20H,6-11H2,1H3/t14-,15-,17+/m0/s1. The van der Waals surface area contributed by atoms with Crippen LogP contribution in [0.4, 0.5) is 0 Å². The summed E-state index contributed by atoms with van der Waals surface area (Å²) in [5.41, 5.74) is 0.690. The average Bonchev–Trinajstić information content (AvgIpc) is 2.89. The van der Waals surface area contributed by atoms with Gasteiger partial charge in [-0.2, -0.15) is 0 Å². The lowest BCUT2D eigenvalue weighted by molar-refractivity contribution is -0.139. The number of carbonyl (C=O) groups is 1. The smallest absolute Gasteiger partial charge is 0.227 e. The number of hydrogen-bond acceptors (Lipinski definition) is 3. The fraction of sp³-hybridized carbons (Fsp3) is 0.588. The van der Waals surface area contributed by atoms with Gasteiger partial charge in [0.25, 0.3) is 0 Å². The lowest BCUT2D eigenvalue weighted by atomic mass is 9.79. The highest BCUT2D eigenvalue weighted by molar-refractivity contribution is 6.30. The first kappa shape index (κ1) is 15.8. The number of likely N-dealkylation sites (tertiary alicyclic amines) is 1. The van der Waals surface area contributed by atoms with Gasteiger partial charge >= 0.3 is 0 Å². The van der Waals surface area contributed by atoms with Crippen molar-refractivity contribution < 1.29 is 14.6 Å². The number of aliphatic hydroxyl groups excluding tert-OH is 1. The van der Waals surface area contributed by atoms with Crippen molar-refractivity contribution in [1.82, 2.24) is 4.90 Å². The van der Waals surface area contributed by atoms with E-state index in [1.54, 1.807) is 19.2 Å². The molecule has 0 unspecified atom stereocenters. The topological polar surface area (TPSA) is 49.8 Å². The van der Waals surface area contributed by atoms with Crippen molar-refractivity contribution >= 4 is 17.5 Å². The van der Waals surface area contributed by atoms with Crippen molar-refractivity contribution in [3.8, 4) is 0 Å². The molecule has 22 heavy (non-hydrogen) atoms. The summed E-state index contributed by atoms with van der Waals surface area (Å²) in [7, 11) is 1.72. The molecular formula is C17H22ClNO3. The Kier molecular flexibility index (Phi) is 4.44. The fourth-order valence-electron chi connectivity index (χ4n) is 3.85. The number of nitrogens with zero attached hydrogens (tertiary/aromatic N) is 1. The molecule has 1 aliphatic heterocycles. The summed E-state index contributed by atoms with van der Waals surface area (Å²) >= 11 is 5.88. The first-order chi connectivity index (χ1) is 10.5. The van der Waals surface area contributed by atoms with Gasteiger partial charge in [0.15, 0.2) is 0 Å². The number of amides is 1. The van der Waals surface area contributed by atoms with Gasteiger partial charge < -0.3 is 14.7 Å². The van der Waals surface area contributed by atoms with Crippen LogP contribution in [-0.4, -0.2) is 47.3 Å². The van der Waals surface area contributed by atoms with Gasteiger partial charge in [0.1, 0.15) is 0 Å². The SMILES string of the molecule is CO[C@@]12CC[C@H](O)C[C@@H]1N(C(=O)Cc1ccc(Cl)cc1)CC2. The molecule has 4 nitrogen and oxygen atoms in total. The third-order valence-corrected chi connectivity index (χ3v) is 5.40. The predicted molar refractivity (Wildman–Crippen MR) is 84.9 cm³/mol. The minimum absolute atomic E-state index is 0.0129. The summed E-state index contributed by atoms with van der Waals surface area (Å²) in [4.78, 5) is 14.6. The summed E-state index contributed by atoms with van der Waals surface area (Å²) in [6.07, 6.45) is 3.07. The Balaban J connectivity index is 1.73. The van der Waals surface area contributed by atoms with Gasteiger partial charge in [-0.05, 0) is 43.4 Å². The minimum atomic E-state index is -0.336. The molecule has 1 saturated carbocycles. The zero-order valence-corrected chi connectivity index (χ0v) is 13.6. The molecule has 1 aliphatic carbocycles. The molecule has 2 aliphatic rings. The third-order valence-electron chi connectivity index (χ3n) is 5.15. The van der Waals surface area contributed by atoms with Crippen molar-refractivity contribution in [3.05, 3.63) is 34.9 Å². The van der Waals surface area contributed by atoms with E-state index in [0.717, 1.165) is 24.8 Å². The number of methoxy groups -OCH3 is 1. The maximum absolute atomic E-state index is 12.7. The Morgan fingerprint density at radius 1 is 1.41 bits per heavy atom. The van der Waals surface area contributed by atoms with Gasteiger partial charge in [-0.3, -0.25) is 4.79 Å². The van der Waals surface area contributed by atoms with E-state index in [4.69, 9.17) is 16.3 Å². The number of rotatable bonds is 3. The molecule has 0 spiro atoms. The zero-order chi connectivity index (χ0) is 15.7. The van der Waals surface area contributed by atoms with Crippen LogP contribution in [0.25, 0.3) is 0 Å². The van der Waals surface area contributed by atoms with Gasteiger partial charge in [0.05, 0.1) is 24.2 Å². The second kappa shape index (κ2) is 6.19. The molecule has 1 aromatic carbocycles. The van der Waals surface area contributed by atoms with Crippen LogP contribution in [-0.2, 0) is 16.0 Å². The van der Waals surface area contributed by atoms with Crippen LogP contribution in [0.3, 0.4) is 0 Å². The van der Waals surface area contributed by atoms with Crippen LogP contribution in [0, 0.1) is 0 Å². The van der Waals surface area contributed by atoms with Crippen LogP contribution in [0.1, 0.15) is 31.2 Å². The number of fused-ring (bicyclic) bond motifs is 1. The second-order valence-electron chi connectivity index (χ2n) is 6.35. The van der Waals surface area contributed by atoms with Crippen LogP contribution >= 0.6 is 11.6 Å². The Bertz CT molecular complexity index is 547. The Labute approximate surface area is 136 Å². The number of ether oxygens (including phenoxy) is 1. The van der Waals surface area contributed by atoms with E-state index in [-0.39, 0.29) is 23.7 Å². The lowest BCUT2D eigenvalue weighted by Gasteiger charge is -2.42. The first-order valence-corrected chi connectivity index (χ1v) is 8.19. The van der Waals surface area contributed by atoms with E-state index >= 15 is 0 Å². The minimum Gasteiger partial charge on any atom is -0.393 e. The molecule has 5 heteroatoms. The zero-order valence-electron chi connectivity index (χ0n) is 12.8. The van der Waals surface area contributed by atoms with E-state index in [0.29, 0.717) is 24.4 Å². The van der Waals surface area contributed by atoms with E-state index in [1.165, 1.54) is 0 Å². The van der Waals surface area contributed by atoms with E-state index in [9.17, 15) is 9.90 Å². The maximum Gasteiger partial charge on any atom is 0.227 e. The monoisotopic (exact) mass is 323 g/mol. The van der Waals surface area contributed by atoms with E-state index in [1.807, 2.05) is 17.0 Å². The van der Waals surface area contributed by atoms with Gasteiger partial charge in [-0.1, -0.05) is 23.7 Å². The molecule has 120 valence electrons. The summed E-state index contributed by atoms with van der Waals surface area (Å²) in [5.74, 6) is 0.0975. The summed E-state index contributed by atoms with van der Waals surface area (Å²) in [6, 6.07) is 7.36. The van der Waals surface area contributed by atoms with Crippen LogP contribution in [0.15, 0.2) is 24.3 Å². The molecule has 3 atom stereocenters. The predicted octanol–water partition coefficient (Wildman–Crippen LogP) is 2.41. The largest absolute Gasteiger partial charge is 0.393 e. The van der Waals surface area contributed by atoms with Crippen LogP contribution in [0.2, 0.25) is 5.02 Å². The van der Waals surface area contributed by atoms with E-state index in [2.05, 4.69) is 0 Å². The molecule has 0 bridgehead atoms. The summed E-state index contributed by atoms with van der Waals surface area (Å²) in [6.45, 7) is 0.706. The maximum atomic E-state index is 12.7. The number of carbonyl (C=O) groups excluding carboxylic acids is 1. The third kappa shape index (κ3) is 2.87. The molecular weight excluding hydrogens is 302 g/mol. The molecule has 0 aromatic heterocycles. The lowest BCUT2D eigenvalue weighted by Crippen LogP contribution is -2.53. The number of halogens is 1. The van der Waals surface area contributed by atoms with Crippen LogP contribution in [0.5, 0.6) is 0 Å². The highest BCUT2D eigenvalue weighted by atomic mass is 35.5. The van der Waals surface area contributed by atoms with Gasteiger partial charge in [0.2, 0.25) is 5.91 Å². The number of hydrogen-bond donors (Lipinski definition) is 1.